The molecular formula is C12H15NO7S. The number of aliphatic imine (C=N–C) groups is 1. The summed E-state index contributed by atoms with van der Waals surface area (Å²) >= 11 is 0. The van der Waals surface area contributed by atoms with Gasteiger partial charge >= 0.3 is 13.2 Å². The monoisotopic (exact) mass is 317 g/mol. The van der Waals surface area contributed by atoms with Gasteiger partial charge in [-0.2, -0.15) is 0 Å². The number of esters is 1. The Morgan fingerprint density at radius 3 is 2.38 bits per heavy atom. The lowest BCUT2D eigenvalue weighted by molar-refractivity contribution is -0.195. The number of hydrogen-bond donors (Lipinski definition) is 1. The second-order valence-electron chi connectivity index (χ2n) is 4.08. The molecule has 0 amide bonds. The minimum atomic E-state index is -4.92. The molecule has 0 aromatic heterocycles. The van der Waals surface area contributed by atoms with Gasteiger partial charge in [-0.1, -0.05) is 30.3 Å². The van der Waals surface area contributed by atoms with Gasteiger partial charge in [-0.25, -0.2) is 13.4 Å². The Bertz CT molecular complexity index is 624. The third-order valence-electron chi connectivity index (χ3n) is 2.34. The van der Waals surface area contributed by atoms with Crippen molar-refractivity contribution in [3.05, 3.63) is 35.9 Å². The van der Waals surface area contributed by atoms with Gasteiger partial charge in [0.1, 0.15) is 6.54 Å². The number of ether oxygens (including phenoxy) is 2. The van der Waals surface area contributed by atoms with Gasteiger partial charge in [-0.05, 0) is 0 Å². The van der Waals surface area contributed by atoms with E-state index >= 15 is 0 Å². The SMILES string of the molecule is CC(=O)OC1(c2ccccc2)CN=C(C)O1.O=S(=O)([O-])O.[H+]. The number of hydrogen-bond acceptors (Lipinski definition) is 7. The summed E-state index contributed by atoms with van der Waals surface area (Å²) in [5.74, 6) is -0.921. The van der Waals surface area contributed by atoms with E-state index in [-0.39, 0.29) is 7.40 Å². The summed E-state index contributed by atoms with van der Waals surface area (Å²) in [4.78, 5) is 15.3. The zero-order chi connectivity index (χ0) is 16.1. The van der Waals surface area contributed by atoms with Crippen molar-refractivity contribution in [1.82, 2.24) is 0 Å². The predicted molar refractivity (Wildman–Crippen MR) is 72.4 cm³/mol. The third kappa shape index (κ3) is 5.90. The molecule has 1 aromatic carbocycles. The van der Waals surface area contributed by atoms with Crippen molar-refractivity contribution in [3.63, 3.8) is 0 Å². The van der Waals surface area contributed by atoms with E-state index in [4.69, 9.17) is 27.0 Å². The molecule has 0 radical (unpaired) electrons. The lowest BCUT2D eigenvalue weighted by Gasteiger charge is -2.27. The number of carbonyl (C=O) groups excluding carboxylic acids is 1. The maximum Gasteiger partial charge on any atom is 1.00 e. The zero-order valence-corrected chi connectivity index (χ0v) is 12.2. The van der Waals surface area contributed by atoms with Crippen molar-refractivity contribution in [3.8, 4) is 0 Å². The molecule has 0 bridgehead atoms. The van der Waals surface area contributed by atoms with Crippen LogP contribution in [0.5, 0.6) is 0 Å². The van der Waals surface area contributed by atoms with Gasteiger partial charge in [0.15, 0.2) is 5.90 Å². The summed E-state index contributed by atoms with van der Waals surface area (Å²) in [6, 6.07) is 9.36. The normalized spacial score (nSPS) is 20.7. The maximum atomic E-state index is 11.1. The minimum Gasteiger partial charge on any atom is -0.726 e. The van der Waals surface area contributed by atoms with Crippen LogP contribution in [0.25, 0.3) is 0 Å². The van der Waals surface area contributed by atoms with Crippen LogP contribution < -0.4 is 0 Å². The highest BCUT2D eigenvalue weighted by molar-refractivity contribution is 7.79. The van der Waals surface area contributed by atoms with E-state index in [0.29, 0.717) is 12.4 Å². The smallest absolute Gasteiger partial charge is 0.726 e. The van der Waals surface area contributed by atoms with Gasteiger partial charge in [0.2, 0.25) is 10.4 Å². The average Bonchev–Trinajstić information content (AvgIpc) is 2.70. The van der Waals surface area contributed by atoms with Gasteiger partial charge in [-0.3, -0.25) is 9.35 Å². The minimum absolute atomic E-state index is 0. The zero-order valence-electron chi connectivity index (χ0n) is 12.3. The number of benzene rings is 1. The molecule has 1 heterocycles. The topological polar surface area (TPSA) is 125 Å². The first kappa shape index (κ1) is 17.1. The van der Waals surface area contributed by atoms with E-state index in [0.717, 1.165) is 5.56 Å². The highest BCUT2D eigenvalue weighted by atomic mass is 32.3. The fraction of sp³-hybridized carbons (Fsp3) is 0.333. The highest BCUT2D eigenvalue weighted by Gasteiger charge is 2.42. The fourth-order valence-electron chi connectivity index (χ4n) is 1.71. The first-order chi connectivity index (χ1) is 9.62. The number of rotatable bonds is 2. The highest BCUT2D eigenvalue weighted by Crippen LogP contribution is 2.32. The third-order valence-corrected chi connectivity index (χ3v) is 2.34. The molecule has 116 valence electrons. The molecule has 9 heteroatoms. The number of nitrogens with zero attached hydrogens (tertiary/aromatic N) is 1. The Hall–Kier alpha value is -1.97. The summed E-state index contributed by atoms with van der Waals surface area (Å²) in [6.45, 7) is 3.41. The molecule has 1 aliphatic heterocycles. The Balaban J connectivity index is 0.000000644. The molecule has 0 spiro atoms. The van der Waals surface area contributed by atoms with Crippen LogP contribution in [-0.2, 0) is 30.5 Å². The maximum absolute atomic E-state index is 11.1. The van der Waals surface area contributed by atoms with Crippen LogP contribution in [0.1, 0.15) is 20.8 Å². The molecule has 0 aliphatic carbocycles. The van der Waals surface area contributed by atoms with E-state index < -0.39 is 16.2 Å². The first-order valence-electron chi connectivity index (χ1n) is 5.76. The largest absolute Gasteiger partial charge is 1.00 e. The van der Waals surface area contributed by atoms with Gasteiger partial charge in [0.25, 0.3) is 0 Å². The predicted octanol–water partition coefficient (Wildman–Crippen LogP) is 0.968. The standard InChI is InChI=1S/C12H13NO3.H2O4S/c1-9-13-8-12(15-9,16-10(2)14)11-6-4-3-5-7-11;1-5(2,3)4/h3-7H,8H2,1-2H3;(H2,1,2,3,4). The molecule has 8 nitrogen and oxygen atoms in total. The Labute approximate surface area is 123 Å². The van der Waals surface area contributed by atoms with Crippen molar-refractivity contribution in [1.29, 1.82) is 0 Å². The molecule has 1 N–H and O–H groups in total. The lowest BCUT2D eigenvalue weighted by atomic mass is 10.1. The molecule has 1 unspecified atom stereocenters. The molecule has 21 heavy (non-hydrogen) atoms. The van der Waals surface area contributed by atoms with Gasteiger partial charge < -0.3 is 14.0 Å². The average molecular weight is 317 g/mol. The van der Waals surface area contributed by atoms with Crippen LogP contribution in [0.3, 0.4) is 0 Å². The molecule has 0 fully saturated rings. The van der Waals surface area contributed by atoms with Gasteiger partial charge in [0.05, 0.1) is 0 Å². The van der Waals surface area contributed by atoms with E-state index in [2.05, 4.69) is 4.99 Å². The molecule has 2 rings (SSSR count). The lowest BCUT2D eigenvalue weighted by Crippen LogP contribution is -2.35. The van der Waals surface area contributed by atoms with Crippen LogP contribution >= 0.6 is 0 Å². The van der Waals surface area contributed by atoms with E-state index in [1.165, 1.54) is 6.92 Å². The van der Waals surface area contributed by atoms with Gasteiger partial charge in [-0.15, -0.1) is 0 Å². The van der Waals surface area contributed by atoms with Crippen molar-refractivity contribution >= 4 is 22.3 Å². The summed E-state index contributed by atoms with van der Waals surface area (Å²) in [5.41, 5.74) is 0.797. The summed E-state index contributed by atoms with van der Waals surface area (Å²) in [7, 11) is -4.92. The quantitative estimate of drug-likeness (QED) is 0.489. The van der Waals surface area contributed by atoms with E-state index in [1.54, 1.807) is 6.92 Å². The Kier molecular flexibility index (Phi) is 5.41. The molecule has 1 aromatic rings. The molecule has 1 atom stereocenters. The number of carbonyl (C=O) groups is 1. The van der Waals surface area contributed by atoms with Crippen LogP contribution in [-0.4, -0.2) is 35.9 Å². The summed E-state index contributed by atoms with van der Waals surface area (Å²) in [6.07, 6.45) is 0. The fourth-order valence-corrected chi connectivity index (χ4v) is 1.71. The van der Waals surface area contributed by atoms with E-state index in [9.17, 15) is 4.79 Å². The van der Waals surface area contributed by atoms with Crippen LogP contribution in [0, 0.1) is 0 Å². The van der Waals surface area contributed by atoms with Crippen molar-refractivity contribution in [2.24, 2.45) is 4.99 Å². The first-order valence-corrected chi connectivity index (χ1v) is 7.12. The molecule has 1 aliphatic rings. The Morgan fingerprint density at radius 1 is 1.48 bits per heavy atom. The van der Waals surface area contributed by atoms with Crippen LogP contribution in [0.2, 0.25) is 0 Å². The molecule has 0 saturated carbocycles. The van der Waals surface area contributed by atoms with Crippen molar-refractivity contribution in [2.45, 2.75) is 19.6 Å². The Morgan fingerprint density at radius 2 is 2.00 bits per heavy atom. The van der Waals surface area contributed by atoms with Crippen molar-refractivity contribution < 1.29 is 33.2 Å². The summed E-state index contributed by atoms with van der Waals surface area (Å²) < 4.78 is 43.7. The molecule has 0 saturated heterocycles. The van der Waals surface area contributed by atoms with Gasteiger partial charge in [0, 0.05) is 19.4 Å². The van der Waals surface area contributed by atoms with E-state index in [1.807, 2.05) is 30.3 Å². The summed E-state index contributed by atoms with van der Waals surface area (Å²) in [5, 5.41) is 0. The second-order valence-corrected chi connectivity index (χ2v) is 4.93. The van der Waals surface area contributed by atoms with Crippen molar-refractivity contribution in [2.75, 3.05) is 6.54 Å². The van der Waals surface area contributed by atoms with Crippen LogP contribution in [0.4, 0.5) is 0 Å². The van der Waals surface area contributed by atoms with Crippen LogP contribution in [0.15, 0.2) is 35.3 Å². The molecular weight excluding hydrogens is 302 g/mol. The second kappa shape index (κ2) is 6.66.